The van der Waals surface area contributed by atoms with Crippen LogP contribution in [0.5, 0.6) is 0 Å². The van der Waals surface area contributed by atoms with Crippen LogP contribution < -0.4 is 10.0 Å². The third kappa shape index (κ3) is 6.89. The number of carbonyl (C=O) groups excluding carboxylic acids is 2. The first-order chi connectivity index (χ1) is 14.2. The predicted octanol–water partition coefficient (Wildman–Crippen LogP) is 3.23. The molecule has 0 saturated carbocycles. The number of hydrogen-bond donors (Lipinski definition) is 2. The number of halogens is 2. The van der Waals surface area contributed by atoms with Crippen LogP contribution in [-0.4, -0.2) is 33.4 Å². The first-order valence-electron chi connectivity index (χ1n) is 9.24. The molecule has 0 saturated heterocycles. The van der Waals surface area contributed by atoms with Crippen LogP contribution in [0.4, 0.5) is 14.5 Å². The van der Waals surface area contributed by atoms with Gasteiger partial charge in [-0.1, -0.05) is 13.3 Å². The summed E-state index contributed by atoms with van der Waals surface area (Å²) in [6.07, 6.45) is 1.50. The van der Waals surface area contributed by atoms with Gasteiger partial charge in [0.1, 0.15) is 0 Å². The number of unbranched alkanes of at least 4 members (excludes halogenated alkanes) is 1. The van der Waals surface area contributed by atoms with E-state index in [0.29, 0.717) is 30.0 Å². The molecule has 162 valence electrons. The number of hydrogen-bond acceptors (Lipinski definition) is 5. The van der Waals surface area contributed by atoms with Gasteiger partial charge < -0.3 is 10.1 Å². The lowest BCUT2D eigenvalue weighted by molar-refractivity contribution is -0.116. The summed E-state index contributed by atoms with van der Waals surface area (Å²) in [5.74, 6) is -3.36. The van der Waals surface area contributed by atoms with E-state index in [1.807, 2.05) is 6.92 Å². The summed E-state index contributed by atoms with van der Waals surface area (Å²) in [5.41, 5.74) is 0.775. The Balaban J connectivity index is 1.83. The molecule has 2 aromatic carbocycles. The molecule has 2 N–H and O–H groups in total. The number of carbonyl (C=O) groups is 2. The summed E-state index contributed by atoms with van der Waals surface area (Å²) in [7, 11) is -4.08. The average Bonchev–Trinajstić information content (AvgIpc) is 2.70. The molecule has 30 heavy (non-hydrogen) atoms. The van der Waals surface area contributed by atoms with Crippen molar-refractivity contribution in [3.8, 4) is 0 Å². The highest BCUT2D eigenvalue weighted by molar-refractivity contribution is 7.89. The largest absolute Gasteiger partial charge is 0.462 e. The maximum Gasteiger partial charge on any atom is 0.338 e. The zero-order valence-electron chi connectivity index (χ0n) is 16.3. The molecule has 10 heteroatoms. The van der Waals surface area contributed by atoms with Gasteiger partial charge in [0, 0.05) is 18.7 Å². The quantitative estimate of drug-likeness (QED) is 0.436. The lowest BCUT2D eigenvalue weighted by Gasteiger charge is -2.09. The number of rotatable bonds is 10. The van der Waals surface area contributed by atoms with E-state index >= 15 is 0 Å². The number of nitrogens with one attached hydrogen (secondary N) is 2. The van der Waals surface area contributed by atoms with E-state index in [9.17, 15) is 26.8 Å². The summed E-state index contributed by atoms with van der Waals surface area (Å²) in [6, 6.07) is 8.27. The van der Waals surface area contributed by atoms with Gasteiger partial charge in [0.2, 0.25) is 15.9 Å². The fourth-order valence-electron chi connectivity index (χ4n) is 2.33. The lowest BCUT2D eigenvalue weighted by Crippen LogP contribution is -2.28. The molecule has 0 unspecified atom stereocenters. The zero-order valence-corrected chi connectivity index (χ0v) is 17.1. The molecule has 0 aliphatic rings. The molecule has 0 fully saturated rings. The fraction of sp³-hybridized carbons (Fsp3) is 0.300. The maximum absolute atomic E-state index is 13.2. The van der Waals surface area contributed by atoms with E-state index in [1.54, 1.807) is 0 Å². The van der Waals surface area contributed by atoms with Crippen molar-refractivity contribution < 1.29 is 31.5 Å². The third-order valence-corrected chi connectivity index (χ3v) is 5.44. The zero-order chi connectivity index (χ0) is 22.1. The maximum atomic E-state index is 13.2. The lowest BCUT2D eigenvalue weighted by atomic mass is 10.2. The minimum Gasteiger partial charge on any atom is -0.462 e. The molecule has 2 aromatic rings. The van der Waals surface area contributed by atoms with Crippen molar-refractivity contribution in [2.24, 2.45) is 0 Å². The van der Waals surface area contributed by atoms with Crippen molar-refractivity contribution in [2.45, 2.75) is 31.1 Å². The molecule has 0 atom stereocenters. The Morgan fingerprint density at radius 1 is 1.03 bits per heavy atom. The highest BCUT2D eigenvalue weighted by atomic mass is 32.2. The van der Waals surface area contributed by atoms with Crippen LogP contribution in [0.2, 0.25) is 0 Å². The van der Waals surface area contributed by atoms with Crippen LogP contribution in [0.15, 0.2) is 47.4 Å². The Labute approximate surface area is 173 Å². The SMILES string of the molecule is CCCCOC(=O)c1ccc(NC(=O)CCNS(=O)(=O)c2ccc(F)c(F)c2)cc1. The van der Waals surface area contributed by atoms with E-state index in [1.165, 1.54) is 24.3 Å². The highest BCUT2D eigenvalue weighted by Gasteiger charge is 2.16. The molecule has 0 aliphatic heterocycles. The molecule has 7 nitrogen and oxygen atoms in total. The standard InChI is InChI=1S/C20H22F2N2O5S/c1-2-3-12-29-20(26)14-4-6-15(7-5-14)24-19(25)10-11-23-30(27,28)16-8-9-17(21)18(22)13-16/h4-9,13,23H,2-3,10-12H2,1H3,(H,24,25). The molecular formula is C20H22F2N2O5S. The average molecular weight is 440 g/mol. The van der Waals surface area contributed by atoms with Gasteiger partial charge >= 0.3 is 5.97 Å². The second-order valence-corrected chi connectivity index (χ2v) is 8.11. The van der Waals surface area contributed by atoms with Gasteiger partial charge in [-0.05, 0) is 48.9 Å². The number of benzene rings is 2. The Morgan fingerprint density at radius 3 is 2.37 bits per heavy atom. The van der Waals surface area contributed by atoms with Crippen molar-refractivity contribution in [2.75, 3.05) is 18.5 Å². The van der Waals surface area contributed by atoms with E-state index in [4.69, 9.17) is 4.74 Å². The van der Waals surface area contributed by atoms with E-state index in [0.717, 1.165) is 18.9 Å². The summed E-state index contributed by atoms with van der Waals surface area (Å²) in [6.45, 7) is 2.09. The predicted molar refractivity (Wildman–Crippen MR) is 106 cm³/mol. The molecule has 0 aliphatic carbocycles. The Morgan fingerprint density at radius 2 is 1.73 bits per heavy atom. The van der Waals surface area contributed by atoms with Crippen LogP contribution in [0.25, 0.3) is 0 Å². The molecule has 2 rings (SSSR count). The third-order valence-electron chi connectivity index (χ3n) is 3.98. The second-order valence-electron chi connectivity index (χ2n) is 6.34. The topological polar surface area (TPSA) is 102 Å². The van der Waals surface area contributed by atoms with Gasteiger partial charge in [0.15, 0.2) is 11.6 Å². The van der Waals surface area contributed by atoms with Gasteiger partial charge in [-0.15, -0.1) is 0 Å². The monoisotopic (exact) mass is 440 g/mol. The molecule has 0 bridgehead atoms. The number of anilines is 1. The highest BCUT2D eigenvalue weighted by Crippen LogP contribution is 2.14. The van der Waals surface area contributed by atoms with E-state index in [-0.39, 0.29) is 13.0 Å². The normalized spacial score (nSPS) is 11.2. The first-order valence-corrected chi connectivity index (χ1v) is 10.7. The van der Waals surface area contributed by atoms with Crippen LogP contribution >= 0.6 is 0 Å². The number of esters is 1. The van der Waals surface area contributed by atoms with Crippen LogP contribution in [0.1, 0.15) is 36.5 Å². The number of ether oxygens (including phenoxy) is 1. The molecule has 0 heterocycles. The number of sulfonamides is 1. The van der Waals surface area contributed by atoms with E-state index in [2.05, 4.69) is 10.0 Å². The van der Waals surface area contributed by atoms with Crippen LogP contribution in [-0.2, 0) is 19.6 Å². The second kappa shape index (κ2) is 10.8. The van der Waals surface area contributed by atoms with Crippen molar-refractivity contribution in [3.05, 3.63) is 59.7 Å². The summed E-state index contributed by atoms with van der Waals surface area (Å²) in [5, 5.41) is 2.57. The van der Waals surface area contributed by atoms with Crippen molar-refractivity contribution in [1.29, 1.82) is 0 Å². The number of amides is 1. The minimum absolute atomic E-state index is 0.191. The van der Waals surface area contributed by atoms with E-state index < -0.39 is 38.4 Å². The summed E-state index contributed by atoms with van der Waals surface area (Å²) in [4.78, 5) is 23.4. The fourth-order valence-corrected chi connectivity index (χ4v) is 3.38. The Kier molecular flexibility index (Phi) is 8.43. The van der Waals surface area contributed by atoms with Crippen molar-refractivity contribution in [3.63, 3.8) is 0 Å². The summed E-state index contributed by atoms with van der Waals surface area (Å²) >= 11 is 0. The van der Waals surface area contributed by atoms with Crippen molar-refractivity contribution >= 4 is 27.6 Å². The van der Waals surface area contributed by atoms with Gasteiger partial charge in [-0.25, -0.2) is 26.7 Å². The van der Waals surface area contributed by atoms with Gasteiger partial charge in [-0.3, -0.25) is 4.79 Å². The van der Waals surface area contributed by atoms with Gasteiger partial charge in [0.05, 0.1) is 17.1 Å². The molecule has 0 aromatic heterocycles. The van der Waals surface area contributed by atoms with Crippen LogP contribution in [0.3, 0.4) is 0 Å². The minimum atomic E-state index is -4.08. The Hall–Kier alpha value is -2.85. The molecule has 0 radical (unpaired) electrons. The molecular weight excluding hydrogens is 418 g/mol. The van der Waals surface area contributed by atoms with Gasteiger partial charge in [0.25, 0.3) is 0 Å². The molecule has 0 spiro atoms. The van der Waals surface area contributed by atoms with Gasteiger partial charge in [-0.2, -0.15) is 0 Å². The Bertz CT molecular complexity index is 995. The van der Waals surface area contributed by atoms with Crippen LogP contribution in [0, 0.1) is 11.6 Å². The summed E-state index contributed by atoms with van der Waals surface area (Å²) < 4.78 is 57.5. The van der Waals surface area contributed by atoms with Crippen molar-refractivity contribution in [1.82, 2.24) is 4.72 Å². The molecule has 1 amide bonds. The smallest absolute Gasteiger partial charge is 0.338 e. The first kappa shape index (κ1) is 23.4.